The van der Waals surface area contributed by atoms with Crippen molar-refractivity contribution in [3.63, 3.8) is 0 Å². The minimum Gasteiger partial charge on any atom is -0.378 e. The number of benzene rings is 2. The molecular weight excluding hydrogens is 446 g/mol. The molecule has 1 N–H and O–H groups in total. The molecule has 0 unspecified atom stereocenters. The highest BCUT2D eigenvalue weighted by atomic mass is 32.2. The molecule has 3 heterocycles. The van der Waals surface area contributed by atoms with E-state index in [0.717, 1.165) is 72.8 Å². The van der Waals surface area contributed by atoms with Gasteiger partial charge in [-0.15, -0.1) is 0 Å². The van der Waals surface area contributed by atoms with Crippen LogP contribution in [0, 0.1) is 5.92 Å². The molecule has 1 amide bonds. The van der Waals surface area contributed by atoms with Crippen LogP contribution in [0.1, 0.15) is 12.8 Å². The smallest absolute Gasteiger partial charge is 0.229 e. The third kappa shape index (κ3) is 5.51. The van der Waals surface area contributed by atoms with E-state index in [4.69, 9.17) is 4.74 Å². The average Bonchev–Trinajstić information content (AvgIpc) is 2.91. The van der Waals surface area contributed by atoms with Crippen LogP contribution in [0.25, 0.3) is 0 Å². The van der Waals surface area contributed by atoms with E-state index in [9.17, 15) is 4.79 Å². The summed E-state index contributed by atoms with van der Waals surface area (Å²) >= 11 is 1.61. The van der Waals surface area contributed by atoms with Crippen LogP contribution >= 0.6 is 11.8 Å². The number of nitrogens with one attached hydrogen (secondary N) is 1. The van der Waals surface area contributed by atoms with Crippen molar-refractivity contribution in [2.75, 3.05) is 54.5 Å². The number of nitrogens with zero attached hydrogens (tertiary/aromatic N) is 4. The minimum atomic E-state index is -0.0933. The van der Waals surface area contributed by atoms with E-state index in [1.807, 2.05) is 30.3 Å². The Hall–Kier alpha value is -3.10. The standard InChI is InChI=1S/C26H29N5O2S/c32-25(29-21-8-10-22(11-9-21)30-15-17-33-18-16-30)20-5-4-14-31(19-20)24-26(28-13-12-27-24)34-23-6-2-1-3-7-23/h1-3,6-13,20H,4-5,14-19H2,(H,29,32)/t20-/m0/s1. The lowest BCUT2D eigenvalue weighted by molar-refractivity contribution is -0.120. The normalized spacial score (nSPS) is 18.5. The first-order valence-electron chi connectivity index (χ1n) is 11.8. The van der Waals surface area contributed by atoms with Gasteiger partial charge in [0.25, 0.3) is 0 Å². The Bertz CT molecular complexity index is 1090. The molecule has 2 fully saturated rings. The molecule has 2 saturated heterocycles. The van der Waals surface area contributed by atoms with Crippen molar-refractivity contribution in [3.05, 3.63) is 67.0 Å². The van der Waals surface area contributed by atoms with E-state index in [1.165, 1.54) is 0 Å². The van der Waals surface area contributed by atoms with Gasteiger partial charge in [0.15, 0.2) is 5.82 Å². The van der Waals surface area contributed by atoms with Gasteiger partial charge in [-0.05, 0) is 49.2 Å². The molecule has 0 aliphatic carbocycles. The molecule has 1 aromatic heterocycles. The van der Waals surface area contributed by atoms with Crippen LogP contribution in [-0.2, 0) is 9.53 Å². The number of carbonyl (C=O) groups is 1. The van der Waals surface area contributed by atoms with Crippen molar-refractivity contribution in [2.45, 2.75) is 22.8 Å². The number of amides is 1. The molecule has 8 heteroatoms. The zero-order valence-corrected chi connectivity index (χ0v) is 19.9. The molecule has 0 saturated carbocycles. The number of morpholine rings is 1. The number of carbonyl (C=O) groups excluding carboxylic acids is 1. The lowest BCUT2D eigenvalue weighted by atomic mass is 9.97. The lowest BCUT2D eigenvalue weighted by Gasteiger charge is -2.33. The van der Waals surface area contributed by atoms with Crippen LogP contribution in [0.15, 0.2) is 76.9 Å². The fourth-order valence-corrected chi connectivity index (χ4v) is 5.32. The van der Waals surface area contributed by atoms with Crippen LogP contribution in [0.2, 0.25) is 0 Å². The molecule has 1 atom stereocenters. The zero-order chi connectivity index (χ0) is 23.2. The van der Waals surface area contributed by atoms with Crippen molar-refractivity contribution in [1.29, 1.82) is 0 Å². The summed E-state index contributed by atoms with van der Waals surface area (Å²) in [5.74, 6) is 0.818. The van der Waals surface area contributed by atoms with Gasteiger partial charge in [-0.1, -0.05) is 30.0 Å². The van der Waals surface area contributed by atoms with Crippen LogP contribution in [0.5, 0.6) is 0 Å². The maximum absolute atomic E-state index is 13.1. The number of aromatic nitrogens is 2. The Morgan fingerprint density at radius 2 is 1.71 bits per heavy atom. The topological polar surface area (TPSA) is 70.6 Å². The highest BCUT2D eigenvalue weighted by molar-refractivity contribution is 7.99. The summed E-state index contributed by atoms with van der Waals surface area (Å²) in [4.78, 5) is 27.9. The summed E-state index contributed by atoms with van der Waals surface area (Å²) in [7, 11) is 0. The maximum atomic E-state index is 13.1. The Labute approximate surface area is 204 Å². The van der Waals surface area contributed by atoms with Crippen molar-refractivity contribution in [1.82, 2.24) is 9.97 Å². The van der Waals surface area contributed by atoms with Crippen LogP contribution in [-0.4, -0.2) is 55.3 Å². The number of anilines is 3. The van der Waals surface area contributed by atoms with Crippen molar-refractivity contribution >= 4 is 34.9 Å². The van der Waals surface area contributed by atoms with E-state index < -0.39 is 0 Å². The third-order valence-corrected chi connectivity index (χ3v) is 7.20. The van der Waals surface area contributed by atoms with Gasteiger partial charge in [0.05, 0.1) is 19.1 Å². The lowest BCUT2D eigenvalue weighted by Crippen LogP contribution is -2.41. The molecule has 0 spiro atoms. The molecule has 3 aromatic rings. The monoisotopic (exact) mass is 475 g/mol. The minimum absolute atomic E-state index is 0.0602. The summed E-state index contributed by atoms with van der Waals surface area (Å²) in [6.07, 6.45) is 5.27. The van der Waals surface area contributed by atoms with E-state index in [-0.39, 0.29) is 11.8 Å². The second kappa shape index (κ2) is 10.9. The molecule has 0 radical (unpaired) electrons. The number of rotatable bonds is 6. The van der Waals surface area contributed by atoms with Crippen LogP contribution in [0.3, 0.4) is 0 Å². The Balaban J connectivity index is 1.23. The maximum Gasteiger partial charge on any atom is 0.229 e. The molecule has 5 rings (SSSR count). The zero-order valence-electron chi connectivity index (χ0n) is 19.1. The molecule has 2 aromatic carbocycles. The summed E-state index contributed by atoms with van der Waals surface area (Å²) in [5.41, 5.74) is 2.00. The Morgan fingerprint density at radius 3 is 2.50 bits per heavy atom. The van der Waals surface area contributed by atoms with E-state index in [2.05, 4.69) is 49.4 Å². The van der Waals surface area contributed by atoms with Gasteiger partial charge in [-0.3, -0.25) is 4.79 Å². The summed E-state index contributed by atoms with van der Waals surface area (Å²) in [6.45, 7) is 4.83. The predicted octanol–water partition coefficient (Wildman–Crippen LogP) is 4.32. The SMILES string of the molecule is O=C(Nc1ccc(N2CCOCC2)cc1)[C@H]1CCCN(c2nccnc2Sc2ccccc2)C1. The van der Waals surface area contributed by atoms with Gasteiger partial charge in [-0.2, -0.15) is 0 Å². The number of piperidine rings is 1. The van der Waals surface area contributed by atoms with E-state index in [1.54, 1.807) is 24.2 Å². The van der Waals surface area contributed by atoms with Gasteiger partial charge in [0.1, 0.15) is 5.03 Å². The average molecular weight is 476 g/mol. The third-order valence-electron chi connectivity index (χ3n) is 6.21. The molecule has 2 aliphatic heterocycles. The molecule has 34 heavy (non-hydrogen) atoms. The van der Waals surface area contributed by atoms with Crippen LogP contribution in [0.4, 0.5) is 17.2 Å². The van der Waals surface area contributed by atoms with Gasteiger partial charge in [-0.25, -0.2) is 9.97 Å². The highest BCUT2D eigenvalue weighted by Gasteiger charge is 2.28. The predicted molar refractivity (Wildman–Crippen MR) is 136 cm³/mol. The first-order valence-corrected chi connectivity index (χ1v) is 12.6. The molecule has 0 bridgehead atoms. The number of hydrogen-bond acceptors (Lipinski definition) is 7. The van der Waals surface area contributed by atoms with Gasteiger partial charge in [0, 0.05) is 54.8 Å². The molecular formula is C26H29N5O2S. The van der Waals surface area contributed by atoms with E-state index >= 15 is 0 Å². The fraction of sp³-hybridized carbons (Fsp3) is 0.346. The largest absolute Gasteiger partial charge is 0.378 e. The second-order valence-electron chi connectivity index (χ2n) is 8.52. The van der Waals surface area contributed by atoms with Gasteiger partial charge in [0.2, 0.25) is 5.91 Å². The summed E-state index contributed by atoms with van der Waals surface area (Å²) in [6, 6.07) is 18.3. The van der Waals surface area contributed by atoms with Crippen LogP contribution < -0.4 is 15.1 Å². The van der Waals surface area contributed by atoms with Crippen molar-refractivity contribution < 1.29 is 9.53 Å². The number of hydrogen-bond donors (Lipinski definition) is 1. The quantitative estimate of drug-likeness (QED) is 0.569. The first-order chi connectivity index (χ1) is 16.8. The van der Waals surface area contributed by atoms with Gasteiger partial charge < -0.3 is 19.9 Å². The Morgan fingerprint density at radius 1 is 0.941 bits per heavy atom. The molecule has 7 nitrogen and oxygen atoms in total. The molecule has 176 valence electrons. The first kappa shape index (κ1) is 22.7. The summed E-state index contributed by atoms with van der Waals surface area (Å²) in [5, 5.41) is 3.99. The fourth-order valence-electron chi connectivity index (χ4n) is 4.41. The highest BCUT2D eigenvalue weighted by Crippen LogP contribution is 2.34. The van der Waals surface area contributed by atoms with Crippen molar-refractivity contribution in [2.24, 2.45) is 5.92 Å². The number of ether oxygens (including phenoxy) is 1. The Kier molecular flexibility index (Phi) is 7.26. The summed E-state index contributed by atoms with van der Waals surface area (Å²) < 4.78 is 5.43. The van der Waals surface area contributed by atoms with Gasteiger partial charge >= 0.3 is 0 Å². The van der Waals surface area contributed by atoms with E-state index in [0.29, 0.717) is 6.54 Å². The molecule has 2 aliphatic rings. The second-order valence-corrected chi connectivity index (χ2v) is 9.58. The van der Waals surface area contributed by atoms with Crippen molar-refractivity contribution in [3.8, 4) is 0 Å².